The van der Waals surface area contributed by atoms with Crippen LogP contribution in [0.3, 0.4) is 0 Å². The minimum atomic E-state index is -4.48. The average molecular weight is 378 g/mol. The van der Waals surface area contributed by atoms with Crippen molar-refractivity contribution >= 4 is 17.9 Å². The molecule has 1 unspecified atom stereocenters. The molecule has 1 atom stereocenters. The predicted octanol–water partition coefficient (Wildman–Crippen LogP) is 0.259. The fourth-order valence-corrected chi connectivity index (χ4v) is 2.90. The van der Waals surface area contributed by atoms with Gasteiger partial charge in [-0.25, -0.2) is 9.59 Å². The Labute approximate surface area is 148 Å². The molecule has 3 amide bonds. The average Bonchev–Trinajstić information content (AvgIpc) is 3.00. The molecule has 0 saturated carbocycles. The van der Waals surface area contributed by atoms with Gasteiger partial charge in [-0.2, -0.15) is 13.2 Å². The van der Waals surface area contributed by atoms with Crippen molar-refractivity contribution in [1.82, 2.24) is 20.9 Å². The van der Waals surface area contributed by atoms with Crippen LogP contribution in [-0.4, -0.2) is 67.8 Å². The third-order valence-electron chi connectivity index (χ3n) is 4.07. The van der Waals surface area contributed by atoms with Crippen LogP contribution < -0.4 is 16.0 Å². The molecule has 0 bridgehead atoms. The molecule has 11 heteroatoms. The summed E-state index contributed by atoms with van der Waals surface area (Å²) < 4.78 is 41.8. The summed E-state index contributed by atoms with van der Waals surface area (Å²) in [6.45, 7) is 0.926. The summed E-state index contributed by atoms with van der Waals surface area (Å²) in [6.07, 6.45) is -3.46. The van der Waals surface area contributed by atoms with Gasteiger partial charge in [0.2, 0.25) is 5.91 Å². The van der Waals surface area contributed by atoms with E-state index in [1.54, 1.807) is 11.8 Å². The van der Waals surface area contributed by atoms with Gasteiger partial charge in [-0.15, -0.1) is 0 Å². The first kappa shape index (κ1) is 20.0. The summed E-state index contributed by atoms with van der Waals surface area (Å²) in [6, 6.07) is -1.24. The molecule has 8 nitrogen and oxygen atoms in total. The van der Waals surface area contributed by atoms with Crippen molar-refractivity contribution < 1.29 is 32.3 Å². The molecule has 2 aliphatic heterocycles. The van der Waals surface area contributed by atoms with Gasteiger partial charge in [0.05, 0.1) is 24.8 Å². The van der Waals surface area contributed by atoms with Crippen molar-refractivity contribution in [2.75, 3.05) is 32.8 Å². The molecular weight excluding hydrogens is 357 g/mol. The highest BCUT2D eigenvalue weighted by molar-refractivity contribution is 5.93. The van der Waals surface area contributed by atoms with E-state index in [-0.39, 0.29) is 25.3 Å². The Balaban J connectivity index is 2.09. The molecule has 0 aromatic rings. The minimum absolute atomic E-state index is 0.0151. The first-order valence-corrected chi connectivity index (χ1v) is 8.23. The summed E-state index contributed by atoms with van der Waals surface area (Å²) in [5, 5.41) is 6.87. The van der Waals surface area contributed by atoms with Crippen LogP contribution in [0, 0.1) is 0 Å². The second kappa shape index (κ2) is 8.39. The highest BCUT2D eigenvalue weighted by atomic mass is 19.4. The molecule has 2 rings (SSSR count). The van der Waals surface area contributed by atoms with Gasteiger partial charge in [-0.05, 0) is 26.3 Å². The SMILES string of the molecule is CCOC(=O)C1=C(CN2CCCC2C(=O)NCC(F)(F)F)NC(=O)NC1. The lowest BCUT2D eigenvalue weighted by Crippen LogP contribution is -2.50. The van der Waals surface area contributed by atoms with Gasteiger partial charge in [-0.3, -0.25) is 9.69 Å². The van der Waals surface area contributed by atoms with Crippen LogP contribution >= 0.6 is 0 Å². The van der Waals surface area contributed by atoms with E-state index >= 15 is 0 Å². The summed E-state index contributed by atoms with van der Waals surface area (Å²) in [4.78, 5) is 37.3. The molecule has 2 heterocycles. The number of halogens is 3. The standard InChI is InChI=1S/C15H21F3N4O4/c1-2-26-13(24)9-6-19-14(25)21-10(9)7-22-5-3-4-11(22)12(23)20-8-15(16,17)18/h11H,2-8H2,1H3,(H,20,23)(H2,19,21,25). The van der Waals surface area contributed by atoms with E-state index in [1.165, 1.54) is 0 Å². The largest absolute Gasteiger partial charge is 0.463 e. The lowest BCUT2D eigenvalue weighted by atomic mass is 10.1. The fraction of sp³-hybridized carbons (Fsp3) is 0.667. The normalized spacial score (nSPS) is 21.2. The number of nitrogens with zero attached hydrogens (tertiary/aromatic N) is 1. The van der Waals surface area contributed by atoms with Crippen molar-refractivity contribution in [1.29, 1.82) is 0 Å². The molecule has 2 aliphatic rings. The van der Waals surface area contributed by atoms with E-state index in [0.29, 0.717) is 25.1 Å². The molecule has 1 saturated heterocycles. The Bertz CT molecular complexity index is 606. The number of nitrogens with one attached hydrogen (secondary N) is 3. The third-order valence-corrected chi connectivity index (χ3v) is 4.07. The van der Waals surface area contributed by atoms with Crippen molar-refractivity contribution in [3.63, 3.8) is 0 Å². The maximum absolute atomic E-state index is 12.3. The molecule has 0 spiro atoms. The number of amides is 3. The third kappa shape index (κ3) is 5.35. The number of carbonyl (C=O) groups is 3. The van der Waals surface area contributed by atoms with Gasteiger partial charge >= 0.3 is 18.2 Å². The maximum atomic E-state index is 12.3. The fourth-order valence-electron chi connectivity index (χ4n) is 2.90. The van der Waals surface area contributed by atoms with Gasteiger partial charge in [-0.1, -0.05) is 0 Å². The number of carbonyl (C=O) groups excluding carboxylic acids is 3. The van der Waals surface area contributed by atoms with Gasteiger partial charge in [0, 0.05) is 12.2 Å². The first-order valence-electron chi connectivity index (χ1n) is 8.23. The number of urea groups is 1. The first-order chi connectivity index (χ1) is 12.2. The highest BCUT2D eigenvalue weighted by Crippen LogP contribution is 2.21. The lowest BCUT2D eigenvalue weighted by Gasteiger charge is -2.28. The second-order valence-corrected chi connectivity index (χ2v) is 5.95. The topological polar surface area (TPSA) is 99.8 Å². The maximum Gasteiger partial charge on any atom is 0.405 e. The number of rotatable bonds is 6. The molecule has 1 fully saturated rings. The number of esters is 1. The molecule has 26 heavy (non-hydrogen) atoms. The lowest BCUT2D eigenvalue weighted by molar-refractivity contribution is -0.141. The molecule has 0 aliphatic carbocycles. The van der Waals surface area contributed by atoms with Gasteiger partial charge in [0.25, 0.3) is 0 Å². The zero-order valence-electron chi connectivity index (χ0n) is 14.2. The Morgan fingerprint density at radius 1 is 1.38 bits per heavy atom. The van der Waals surface area contributed by atoms with E-state index in [4.69, 9.17) is 4.74 Å². The van der Waals surface area contributed by atoms with Crippen LogP contribution in [0.25, 0.3) is 0 Å². The summed E-state index contributed by atoms with van der Waals surface area (Å²) in [5.41, 5.74) is 0.524. The Hall–Kier alpha value is -2.30. The second-order valence-electron chi connectivity index (χ2n) is 5.95. The van der Waals surface area contributed by atoms with E-state index in [2.05, 4.69) is 10.6 Å². The smallest absolute Gasteiger partial charge is 0.405 e. The number of alkyl halides is 3. The van der Waals surface area contributed by atoms with Crippen LogP contribution in [0.5, 0.6) is 0 Å². The Morgan fingerprint density at radius 3 is 2.77 bits per heavy atom. The molecule has 3 N–H and O–H groups in total. The van der Waals surface area contributed by atoms with Gasteiger partial charge in [0.1, 0.15) is 6.54 Å². The van der Waals surface area contributed by atoms with Gasteiger partial charge < -0.3 is 20.7 Å². The monoisotopic (exact) mass is 378 g/mol. The zero-order chi connectivity index (χ0) is 19.3. The van der Waals surface area contributed by atoms with Crippen LogP contribution in [0.2, 0.25) is 0 Å². The quantitative estimate of drug-likeness (QED) is 0.576. The molecular formula is C15H21F3N4O4. The van der Waals surface area contributed by atoms with E-state index in [9.17, 15) is 27.6 Å². The summed E-state index contributed by atoms with van der Waals surface area (Å²) in [7, 11) is 0. The number of ether oxygens (including phenoxy) is 1. The number of likely N-dealkylation sites (tertiary alicyclic amines) is 1. The predicted molar refractivity (Wildman–Crippen MR) is 83.9 cm³/mol. The van der Waals surface area contributed by atoms with Gasteiger partial charge in [0.15, 0.2) is 0 Å². The molecule has 0 aromatic carbocycles. The van der Waals surface area contributed by atoms with Crippen LogP contribution in [-0.2, 0) is 14.3 Å². The minimum Gasteiger partial charge on any atom is -0.463 e. The van der Waals surface area contributed by atoms with E-state index in [0.717, 1.165) is 0 Å². The summed E-state index contributed by atoms with van der Waals surface area (Å²) in [5.74, 6) is -1.31. The van der Waals surface area contributed by atoms with Crippen molar-refractivity contribution in [3.05, 3.63) is 11.3 Å². The van der Waals surface area contributed by atoms with Crippen molar-refractivity contribution in [3.8, 4) is 0 Å². The van der Waals surface area contributed by atoms with E-state index in [1.807, 2.05) is 5.32 Å². The van der Waals surface area contributed by atoms with Crippen LogP contribution in [0.4, 0.5) is 18.0 Å². The Kier molecular flexibility index (Phi) is 6.46. The summed E-state index contributed by atoms with van der Waals surface area (Å²) >= 11 is 0. The molecule has 0 radical (unpaired) electrons. The number of hydrogen-bond acceptors (Lipinski definition) is 5. The molecule has 0 aromatic heterocycles. The van der Waals surface area contributed by atoms with Crippen molar-refractivity contribution in [2.45, 2.75) is 32.0 Å². The zero-order valence-corrected chi connectivity index (χ0v) is 14.2. The van der Waals surface area contributed by atoms with Crippen LogP contribution in [0.15, 0.2) is 11.3 Å². The van der Waals surface area contributed by atoms with E-state index < -0.39 is 36.7 Å². The Morgan fingerprint density at radius 2 is 2.12 bits per heavy atom. The van der Waals surface area contributed by atoms with Crippen molar-refractivity contribution in [2.24, 2.45) is 0 Å². The van der Waals surface area contributed by atoms with Crippen LogP contribution in [0.1, 0.15) is 19.8 Å². The number of hydrogen-bond donors (Lipinski definition) is 3. The molecule has 146 valence electrons. The highest BCUT2D eigenvalue weighted by Gasteiger charge is 2.35.